The minimum atomic E-state index is -0.242. The third kappa shape index (κ3) is 6.89. The van der Waals surface area contributed by atoms with Crippen LogP contribution in [-0.4, -0.2) is 15.7 Å². The predicted molar refractivity (Wildman–Crippen MR) is 240 cm³/mol. The first-order valence-electron chi connectivity index (χ1n) is 19.6. The summed E-state index contributed by atoms with van der Waals surface area (Å²) < 4.78 is 0. The number of allylic oxidation sites excluding steroid dienone is 1. The highest BCUT2D eigenvalue weighted by Crippen LogP contribution is 2.41. The molecule has 0 bridgehead atoms. The van der Waals surface area contributed by atoms with Crippen LogP contribution in [0.2, 0.25) is 0 Å². The second kappa shape index (κ2) is 15.4. The summed E-state index contributed by atoms with van der Waals surface area (Å²) in [6.07, 6.45) is 1.94. The third-order valence-electron chi connectivity index (χ3n) is 10.8. The predicted octanol–water partition coefficient (Wildman–Crippen LogP) is 13.1. The molecule has 0 radical (unpaired) electrons. The fourth-order valence-electron chi connectivity index (χ4n) is 7.90. The van der Waals surface area contributed by atoms with Crippen LogP contribution in [0.15, 0.2) is 223 Å². The van der Waals surface area contributed by atoms with Gasteiger partial charge < -0.3 is 5.32 Å². The average molecular weight is 743 g/mol. The number of hydrogen-bond acceptors (Lipinski definition) is 4. The van der Waals surface area contributed by atoms with E-state index >= 15 is 0 Å². The molecule has 2 heterocycles. The summed E-state index contributed by atoms with van der Waals surface area (Å²) in [5.41, 5.74) is 14.5. The Labute approximate surface area is 338 Å². The molecular formula is C54H38N4. The topological polar surface area (TPSA) is 50.2 Å². The second-order valence-electron chi connectivity index (χ2n) is 14.4. The van der Waals surface area contributed by atoms with Crippen LogP contribution in [0.4, 0.5) is 0 Å². The van der Waals surface area contributed by atoms with Gasteiger partial charge in [0.05, 0.1) is 17.1 Å². The molecular weight excluding hydrogens is 705 g/mol. The lowest BCUT2D eigenvalue weighted by Gasteiger charge is -2.26. The van der Waals surface area contributed by atoms with Crippen molar-refractivity contribution < 1.29 is 0 Å². The minimum Gasteiger partial charge on any atom is -0.359 e. The van der Waals surface area contributed by atoms with Gasteiger partial charge in [0.15, 0.2) is 5.82 Å². The number of nitrogens with one attached hydrogen (secondary N) is 1. The number of nitrogens with zero attached hydrogens (tertiary/aromatic N) is 3. The molecule has 1 aromatic heterocycles. The smallest absolute Gasteiger partial charge is 0.160 e. The molecule has 58 heavy (non-hydrogen) atoms. The molecule has 1 aliphatic rings. The summed E-state index contributed by atoms with van der Waals surface area (Å²) in [7, 11) is 0. The zero-order valence-electron chi connectivity index (χ0n) is 31.7. The lowest BCUT2D eigenvalue weighted by atomic mass is 9.88. The number of benzene rings is 8. The normalized spacial score (nSPS) is 13.7. The Morgan fingerprint density at radius 2 is 0.966 bits per heavy atom. The van der Waals surface area contributed by atoms with Gasteiger partial charge in [-0.05, 0) is 62.4 Å². The van der Waals surface area contributed by atoms with E-state index in [1.807, 2.05) is 36.4 Å². The lowest BCUT2D eigenvalue weighted by molar-refractivity contribution is 0.664. The van der Waals surface area contributed by atoms with Gasteiger partial charge >= 0.3 is 0 Å². The first kappa shape index (κ1) is 34.8. The van der Waals surface area contributed by atoms with Crippen LogP contribution in [-0.2, 0) is 0 Å². The highest BCUT2D eigenvalue weighted by Gasteiger charge is 2.23. The molecule has 1 N–H and O–H groups in total. The minimum absolute atomic E-state index is 0.242. The van der Waals surface area contributed by atoms with Crippen LogP contribution in [0, 0.1) is 0 Å². The van der Waals surface area contributed by atoms with Crippen molar-refractivity contribution in [3.8, 4) is 56.2 Å². The van der Waals surface area contributed by atoms with Gasteiger partial charge in [0.2, 0.25) is 0 Å². The molecule has 1 aliphatic heterocycles. The van der Waals surface area contributed by atoms with E-state index in [-0.39, 0.29) is 6.17 Å². The second-order valence-corrected chi connectivity index (χ2v) is 14.4. The first-order valence-corrected chi connectivity index (χ1v) is 19.6. The van der Waals surface area contributed by atoms with Gasteiger partial charge in [0.1, 0.15) is 6.17 Å². The fraction of sp³-hybridized carbons (Fsp3) is 0.0185. The van der Waals surface area contributed by atoms with Crippen LogP contribution in [0.3, 0.4) is 0 Å². The molecule has 8 aromatic carbocycles. The maximum absolute atomic E-state index is 5.29. The molecule has 274 valence electrons. The molecule has 10 rings (SSSR count). The zero-order chi connectivity index (χ0) is 38.7. The molecule has 0 saturated carbocycles. The molecule has 0 saturated heterocycles. The van der Waals surface area contributed by atoms with Gasteiger partial charge in [0.25, 0.3) is 0 Å². The van der Waals surface area contributed by atoms with E-state index in [2.05, 4.69) is 187 Å². The number of aliphatic imine (C=N–C) groups is 1. The maximum Gasteiger partial charge on any atom is 0.160 e. The van der Waals surface area contributed by atoms with Crippen LogP contribution in [0.25, 0.3) is 72.6 Å². The van der Waals surface area contributed by atoms with Gasteiger partial charge in [-0.3, -0.25) is 4.99 Å². The van der Waals surface area contributed by atoms with E-state index in [0.29, 0.717) is 5.82 Å². The van der Waals surface area contributed by atoms with Crippen molar-refractivity contribution >= 4 is 22.2 Å². The largest absolute Gasteiger partial charge is 0.359 e. The molecule has 0 fully saturated rings. The number of rotatable bonds is 8. The molecule has 4 heteroatoms. The van der Waals surface area contributed by atoms with Crippen molar-refractivity contribution in [2.75, 3.05) is 0 Å². The fourth-order valence-corrected chi connectivity index (χ4v) is 7.90. The van der Waals surface area contributed by atoms with E-state index in [9.17, 15) is 0 Å². The average Bonchev–Trinajstić information content (AvgIpc) is 3.32. The highest BCUT2D eigenvalue weighted by molar-refractivity contribution is 6.13. The Hall–Kier alpha value is -7.69. The van der Waals surface area contributed by atoms with Gasteiger partial charge in [-0.25, -0.2) is 9.97 Å². The molecule has 1 unspecified atom stereocenters. The van der Waals surface area contributed by atoms with E-state index < -0.39 is 0 Å². The Morgan fingerprint density at radius 3 is 1.72 bits per heavy atom. The molecule has 0 amide bonds. The van der Waals surface area contributed by atoms with Crippen molar-refractivity contribution in [3.05, 3.63) is 235 Å². The maximum atomic E-state index is 5.29. The summed E-state index contributed by atoms with van der Waals surface area (Å²) >= 11 is 0. The van der Waals surface area contributed by atoms with Crippen molar-refractivity contribution in [1.29, 1.82) is 0 Å². The number of fused-ring (bicyclic) bond motifs is 1. The summed E-state index contributed by atoms with van der Waals surface area (Å²) in [6, 6.07) is 74.3. The number of aromatic nitrogens is 2. The van der Waals surface area contributed by atoms with Gasteiger partial charge in [-0.2, -0.15) is 0 Å². The van der Waals surface area contributed by atoms with Crippen LogP contribution in [0.1, 0.15) is 22.9 Å². The van der Waals surface area contributed by atoms with E-state index in [0.717, 1.165) is 78.4 Å². The van der Waals surface area contributed by atoms with Crippen molar-refractivity contribution in [3.63, 3.8) is 0 Å². The quantitative estimate of drug-likeness (QED) is 0.169. The van der Waals surface area contributed by atoms with Crippen molar-refractivity contribution in [1.82, 2.24) is 15.3 Å². The SMILES string of the molecule is C1=C(c2ccccc2-c2ccc(-c3cc(-c4ccccc4)nc(-c4ccccc4)n3)c(-c3cccc4ccccc34)c2)NC(c2ccccc2)N=C1c1ccccc1. The van der Waals surface area contributed by atoms with Gasteiger partial charge in [-0.15, -0.1) is 0 Å². The summed E-state index contributed by atoms with van der Waals surface area (Å²) in [6.45, 7) is 0. The Kier molecular flexibility index (Phi) is 9.26. The number of hydrogen-bond donors (Lipinski definition) is 1. The first-order chi connectivity index (χ1) is 28.7. The van der Waals surface area contributed by atoms with E-state index in [4.69, 9.17) is 15.0 Å². The standard InChI is InChI=1S/C54H38N4/c1-5-19-38(20-6-1)49-35-51(57-53(55-49)40-23-9-3-10-24-40)46-30-16-15-29-44(46)42-32-33-47(48(34-42)45-31-17-27-37-18-13-14-28-43(37)45)52-36-50(39-21-7-2-8-22-39)56-54(58-52)41-25-11-4-12-26-41/h1-36,53,57H. The highest BCUT2D eigenvalue weighted by atomic mass is 15.1. The molecule has 4 nitrogen and oxygen atoms in total. The van der Waals surface area contributed by atoms with Crippen LogP contribution < -0.4 is 5.32 Å². The van der Waals surface area contributed by atoms with E-state index in [1.54, 1.807) is 0 Å². The van der Waals surface area contributed by atoms with E-state index in [1.165, 1.54) is 10.8 Å². The summed E-state index contributed by atoms with van der Waals surface area (Å²) in [5, 5.41) is 6.17. The monoisotopic (exact) mass is 742 g/mol. The van der Waals surface area contributed by atoms with Crippen molar-refractivity contribution in [2.45, 2.75) is 6.17 Å². The van der Waals surface area contributed by atoms with Gasteiger partial charge in [-0.1, -0.05) is 200 Å². The third-order valence-corrected chi connectivity index (χ3v) is 10.8. The summed E-state index contributed by atoms with van der Waals surface area (Å²) in [5.74, 6) is 0.689. The Morgan fingerprint density at radius 1 is 0.379 bits per heavy atom. The van der Waals surface area contributed by atoms with Crippen LogP contribution in [0.5, 0.6) is 0 Å². The Balaban J connectivity index is 1.17. The molecule has 0 aliphatic carbocycles. The zero-order valence-corrected chi connectivity index (χ0v) is 31.7. The van der Waals surface area contributed by atoms with Crippen molar-refractivity contribution in [2.24, 2.45) is 4.99 Å². The molecule has 9 aromatic rings. The Bertz CT molecular complexity index is 2890. The molecule has 0 spiro atoms. The summed E-state index contributed by atoms with van der Waals surface area (Å²) in [4.78, 5) is 15.6. The lowest BCUT2D eigenvalue weighted by Crippen LogP contribution is -2.25. The van der Waals surface area contributed by atoms with Gasteiger partial charge in [0, 0.05) is 28.0 Å². The van der Waals surface area contributed by atoms with Crippen LogP contribution >= 0.6 is 0 Å². The molecule has 1 atom stereocenters.